The fourth-order valence-electron chi connectivity index (χ4n) is 3.82. The van der Waals surface area contributed by atoms with Crippen molar-refractivity contribution in [1.29, 1.82) is 0 Å². The highest BCUT2D eigenvalue weighted by Crippen LogP contribution is 2.32. The quantitative estimate of drug-likeness (QED) is 0.738. The maximum Gasteiger partial charge on any atom is 0.252 e. The van der Waals surface area contributed by atoms with Crippen LogP contribution in [0.5, 0.6) is 0 Å². The summed E-state index contributed by atoms with van der Waals surface area (Å²) < 4.78 is 1.74. The first kappa shape index (κ1) is 15.7. The Morgan fingerprint density at radius 3 is 2.92 bits per heavy atom. The molecule has 6 nitrogen and oxygen atoms in total. The summed E-state index contributed by atoms with van der Waals surface area (Å²) in [4.78, 5) is 23.5. The van der Waals surface area contributed by atoms with Gasteiger partial charge in [-0.3, -0.25) is 4.79 Å². The van der Waals surface area contributed by atoms with Crippen molar-refractivity contribution in [3.63, 3.8) is 0 Å². The molecular weight excluding hydrogens is 314 g/mol. The van der Waals surface area contributed by atoms with E-state index >= 15 is 0 Å². The second-order valence-electron chi connectivity index (χ2n) is 6.68. The van der Waals surface area contributed by atoms with Gasteiger partial charge in [0.15, 0.2) is 0 Å². The number of para-hydroxylation sites is 1. The van der Waals surface area contributed by atoms with Gasteiger partial charge in [0.1, 0.15) is 6.33 Å². The molecule has 1 atom stereocenters. The van der Waals surface area contributed by atoms with Gasteiger partial charge in [-0.1, -0.05) is 18.2 Å². The van der Waals surface area contributed by atoms with Crippen LogP contribution >= 0.6 is 0 Å². The molecule has 6 heteroatoms. The van der Waals surface area contributed by atoms with Gasteiger partial charge in [0.2, 0.25) is 5.91 Å². The van der Waals surface area contributed by atoms with E-state index in [1.165, 1.54) is 11.9 Å². The molecule has 0 saturated heterocycles. The monoisotopic (exact) mass is 335 g/mol. The molecule has 3 aromatic rings. The summed E-state index contributed by atoms with van der Waals surface area (Å²) in [7, 11) is 0. The van der Waals surface area contributed by atoms with Crippen molar-refractivity contribution in [2.45, 2.75) is 46.1 Å². The number of rotatable bonds is 3. The molecule has 128 valence electrons. The van der Waals surface area contributed by atoms with E-state index in [1.807, 2.05) is 36.9 Å². The summed E-state index contributed by atoms with van der Waals surface area (Å²) in [5.41, 5.74) is 5.30. The summed E-state index contributed by atoms with van der Waals surface area (Å²) in [6.45, 7) is 6.08. The molecule has 3 heterocycles. The normalized spacial score (nSPS) is 16.4. The summed E-state index contributed by atoms with van der Waals surface area (Å²) in [6.07, 6.45) is 3.55. The molecule has 1 amide bonds. The van der Waals surface area contributed by atoms with E-state index < -0.39 is 0 Å². The van der Waals surface area contributed by atoms with Gasteiger partial charge in [-0.15, -0.1) is 0 Å². The number of amides is 1. The van der Waals surface area contributed by atoms with E-state index in [4.69, 9.17) is 0 Å². The molecule has 1 aliphatic heterocycles. The molecule has 0 radical (unpaired) electrons. The number of carbonyl (C=O) groups excluding carboxylic acids is 1. The third-order valence-corrected chi connectivity index (χ3v) is 5.05. The Kier molecular flexibility index (Phi) is 3.75. The van der Waals surface area contributed by atoms with Crippen molar-refractivity contribution < 1.29 is 4.79 Å². The largest absolute Gasteiger partial charge is 0.309 e. The van der Waals surface area contributed by atoms with Crippen LogP contribution in [0.3, 0.4) is 0 Å². The minimum atomic E-state index is 0.162. The number of hydrogen-bond acceptors (Lipinski definition) is 4. The van der Waals surface area contributed by atoms with Crippen LogP contribution in [-0.4, -0.2) is 31.5 Å². The number of hydrogen-bond donors (Lipinski definition) is 0. The van der Waals surface area contributed by atoms with E-state index in [9.17, 15) is 4.79 Å². The summed E-state index contributed by atoms with van der Waals surface area (Å²) in [6, 6.07) is 8.38. The zero-order valence-electron chi connectivity index (χ0n) is 14.7. The molecule has 4 rings (SSSR count). The van der Waals surface area contributed by atoms with Crippen LogP contribution in [0.25, 0.3) is 5.78 Å². The SMILES string of the molecule is Cc1nc2ncnn2c(C)c1CCC(=O)N1c2ccccc2CC1C. The molecular formula is C19H21N5O. The first-order chi connectivity index (χ1) is 12.1. The van der Waals surface area contributed by atoms with Crippen LogP contribution in [0.15, 0.2) is 30.6 Å². The van der Waals surface area contributed by atoms with Gasteiger partial charge in [-0.2, -0.15) is 10.1 Å². The number of anilines is 1. The molecule has 0 bridgehead atoms. The Labute approximate surface area is 146 Å². The van der Waals surface area contributed by atoms with Crippen molar-refractivity contribution in [3.8, 4) is 0 Å². The second kappa shape index (κ2) is 5.95. The first-order valence-corrected chi connectivity index (χ1v) is 8.62. The minimum Gasteiger partial charge on any atom is -0.309 e. The van der Waals surface area contributed by atoms with Crippen LogP contribution in [0.1, 0.15) is 35.9 Å². The zero-order chi connectivity index (χ0) is 17.6. The number of nitrogens with zero attached hydrogens (tertiary/aromatic N) is 5. The zero-order valence-corrected chi connectivity index (χ0v) is 14.7. The standard InChI is InChI=1S/C19H21N5O/c1-12-10-15-6-4-5-7-17(15)23(12)18(25)9-8-16-13(2)22-19-20-11-21-24(19)14(16)3/h4-7,11-12H,8-10H2,1-3H3. The fourth-order valence-corrected chi connectivity index (χ4v) is 3.82. The third-order valence-electron chi connectivity index (χ3n) is 5.05. The lowest BCUT2D eigenvalue weighted by molar-refractivity contribution is -0.118. The van der Waals surface area contributed by atoms with Gasteiger partial charge < -0.3 is 4.90 Å². The smallest absolute Gasteiger partial charge is 0.252 e. The van der Waals surface area contributed by atoms with E-state index in [2.05, 4.69) is 28.1 Å². The highest BCUT2D eigenvalue weighted by molar-refractivity contribution is 5.96. The van der Waals surface area contributed by atoms with Gasteiger partial charge in [0.25, 0.3) is 5.78 Å². The van der Waals surface area contributed by atoms with Gasteiger partial charge in [0.05, 0.1) is 0 Å². The molecule has 0 aliphatic carbocycles. The highest BCUT2D eigenvalue weighted by Gasteiger charge is 2.30. The highest BCUT2D eigenvalue weighted by atomic mass is 16.2. The maximum absolute atomic E-state index is 12.9. The third kappa shape index (κ3) is 2.58. The van der Waals surface area contributed by atoms with Crippen LogP contribution in [0, 0.1) is 13.8 Å². The summed E-state index contributed by atoms with van der Waals surface area (Å²) in [5, 5.41) is 4.21. The van der Waals surface area contributed by atoms with Crippen molar-refractivity contribution in [3.05, 3.63) is 53.1 Å². The summed E-state index contributed by atoms with van der Waals surface area (Å²) >= 11 is 0. The van der Waals surface area contributed by atoms with Gasteiger partial charge >= 0.3 is 0 Å². The van der Waals surface area contributed by atoms with Crippen molar-refractivity contribution in [2.24, 2.45) is 0 Å². The minimum absolute atomic E-state index is 0.162. The lowest BCUT2D eigenvalue weighted by Gasteiger charge is -2.23. The predicted octanol–water partition coefficient (Wildman–Crippen LogP) is 2.65. The van der Waals surface area contributed by atoms with Crippen LogP contribution in [0.4, 0.5) is 5.69 Å². The molecule has 0 fully saturated rings. The number of benzene rings is 1. The van der Waals surface area contributed by atoms with E-state index in [-0.39, 0.29) is 11.9 Å². The average Bonchev–Trinajstić information content (AvgIpc) is 3.17. The molecule has 0 saturated carbocycles. The average molecular weight is 335 g/mol. The fraction of sp³-hybridized carbons (Fsp3) is 0.368. The van der Waals surface area contributed by atoms with E-state index in [0.717, 1.165) is 29.1 Å². The Balaban J connectivity index is 1.57. The van der Waals surface area contributed by atoms with Gasteiger partial charge in [-0.05, 0) is 50.8 Å². The maximum atomic E-state index is 12.9. The second-order valence-corrected chi connectivity index (χ2v) is 6.68. The molecule has 1 aliphatic rings. The van der Waals surface area contributed by atoms with Crippen LogP contribution < -0.4 is 4.90 Å². The van der Waals surface area contributed by atoms with Gasteiger partial charge in [0, 0.05) is 29.5 Å². The lowest BCUT2D eigenvalue weighted by atomic mass is 10.1. The van der Waals surface area contributed by atoms with E-state index in [1.54, 1.807) is 4.52 Å². The number of fused-ring (bicyclic) bond motifs is 2. The summed E-state index contributed by atoms with van der Waals surface area (Å²) in [5.74, 6) is 0.766. The Morgan fingerprint density at radius 1 is 1.28 bits per heavy atom. The topological polar surface area (TPSA) is 63.4 Å². The molecule has 1 unspecified atom stereocenters. The molecule has 0 spiro atoms. The van der Waals surface area contributed by atoms with Crippen LogP contribution in [0.2, 0.25) is 0 Å². The Bertz CT molecular complexity index is 962. The Hall–Kier alpha value is -2.76. The lowest BCUT2D eigenvalue weighted by Crippen LogP contribution is -2.35. The number of carbonyl (C=O) groups is 1. The van der Waals surface area contributed by atoms with Crippen molar-refractivity contribution in [1.82, 2.24) is 19.6 Å². The molecule has 25 heavy (non-hydrogen) atoms. The number of aromatic nitrogens is 4. The molecule has 1 aromatic carbocycles. The van der Waals surface area contributed by atoms with Crippen LogP contribution in [-0.2, 0) is 17.6 Å². The molecule has 2 aromatic heterocycles. The molecule has 0 N–H and O–H groups in total. The first-order valence-electron chi connectivity index (χ1n) is 8.62. The van der Waals surface area contributed by atoms with Crippen molar-refractivity contribution >= 4 is 17.4 Å². The van der Waals surface area contributed by atoms with Gasteiger partial charge in [-0.25, -0.2) is 9.50 Å². The van der Waals surface area contributed by atoms with E-state index in [0.29, 0.717) is 18.6 Å². The predicted molar refractivity (Wildman–Crippen MR) is 95.7 cm³/mol. The number of aryl methyl sites for hydroxylation is 2. The Morgan fingerprint density at radius 2 is 2.08 bits per heavy atom. The van der Waals surface area contributed by atoms with Crippen molar-refractivity contribution in [2.75, 3.05) is 4.90 Å².